The van der Waals surface area contributed by atoms with Crippen LogP contribution in [0.4, 0.5) is 17.3 Å². The third kappa shape index (κ3) is 3.57. The average Bonchev–Trinajstić information content (AvgIpc) is 2.41. The van der Waals surface area contributed by atoms with Gasteiger partial charge in [-0.2, -0.15) is 0 Å². The third-order valence-electron chi connectivity index (χ3n) is 3.58. The van der Waals surface area contributed by atoms with Gasteiger partial charge >= 0.3 is 5.69 Å². The number of nitrogens with two attached hydrogens (primary N) is 1. The van der Waals surface area contributed by atoms with Crippen LogP contribution in [0.1, 0.15) is 26.2 Å². The van der Waals surface area contributed by atoms with Crippen molar-refractivity contribution in [3.05, 3.63) is 22.2 Å². The number of piperidine rings is 1. The molecule has 3 N–H and O–H groups in total. The highest BCUT2D eigenvalue weighted by Gasteiger charge is 2.19. The van der Waals surface area contributed by atoms with E-state index in [0.29, 0.717) is 11.9 Å². The fourth-order valence-electron chi connectivity index (χ4n) is 2.53. The Kier molecular flexibility index (Phi) is 4.73. The minimum Gasteiger partial charge on any atom is -0.378 e. The molecular weight excluding hydrogens is 258 g/mol. The monoisotopic (exact) mass is 279 g/mol. The van der Waals surface area contributed by atoms with Crippen LogP contribution in [0.3, 0.4) is 0 Å². The molecule has 1 aromatic rings. The lowest BCUT2D eigenvalue weighted by molar-refractivity contribution is -0.384. The molecule has 0 atom stereocenters. The standard InChI is InChI=1S/C13H21N5O2/c1-2-7-17-8-5-10(6-9-17)15-12-4-3-11(18(19)20)13(14)16-12/h3-4,10H,2,5-9H2,1H3,(H3,14,15,16). The van der Waals surface area contributed by atoms with Crippen molar-refractivity contribution in [2.75, 3.05) is 30.7 Å². The second-order valence-electron chi connectivity index (χ2n) is 5.12. The van der Waals surface area contributed by atoms with E-state index in [1.54, 1.807) is 6.07 Å². The highest BCUT2D eigenvalue weighted by molar-refractivity contribution is 5.57. The zero-order chi connectivity index (χ0) is 14.5. The normalized spacial score (nSPS) is 17.1. The first-order chi connectivity index (χ1) is 9.60. The number of pyridine rings is 1. The van der Waals surface area contributed by atoms with Crippen LogP contribution < -0.4 is 11.1 Å². The molecule has 1 fully saturated rings. The number of aromatic nitrogens is 1. The number of nitrogen functional groups attached to an aromatic ring is 1. The van der Waals surface area contributed by atoms with Crippen molar-refractivity contribution >= 4 is 17.3 Å². The summed E-state index contributed by atoms with van der Waals surface area (Å²) >= 11 is 0. The zero-order valence-electron chi connectivity index (χ0n) is 11.7. The van der Waals surface area contributed by atoms with Crippen LogP contribution in [0.25, 0.3) is 0 Å². The first-order valence-electron chi connectivity index (χ1n) is 7.00. The van der Waals surface area contributed by atoms with E-state index in [1.807, 2.05) is 0 Å². The molecule has 0 amide bonds. The van der Waals surface area contributed by atoms with E-state index >= 15 is 0 Å². The van der Waals surface area contributed by atoms with E-state index in [-0.39, 0.29) is 11.5 Å². The maximum atomic E-state index is 10.7. The molecular formula is C13H21N5O2. The quantitative estimate of drug-likeness (QED) is 0.630. The largest absolute Gasteiger partial charge is 0.378 e. The van der Waals surface area contributed by atoms with E-state index in [2.05, 4.69) is 22.1 Å². The molecule has 1 aromatic heterocycles. The Morgan fingerprint density at radius 2 is 2.20 bits per heavy atom. The van der Waals surface area contributed by atoms with Gasteiger partial charge in [0.05, 0.1) is 4.92 Å². The van der Waals surface area contributed by atoms with Crippen LogP contribution >= 0.6 is 0 Å². The van der Waals surface area contributed by atoms with Gasteiger partial charge < -0.3 is 16.0 Å². The molecule has 0 unspecified atom stereocenters. The van der Waals surface area contributed by atoms with Crippen molar-refractivity contribution in [3.63, 3.8) is 0 Å². The van der Waals surface area contributed by atoms with Crippen molar-refractivity contribution in [3.8, 4) is 0 Å². The molecule has 0 aromatic carbocycles. The summed E-state index contributed by atoms with van der Waals surface area (Å²) in [5.74, 6) is 0.575. The molecule has 2 heterocycles. The number of rotatable bonds is 5. The smallest absolute Gasteiger partial charge is 0.311 e. The predicted molar refractivity (Wildman–Crippen MR) is 78.7 cm³/mol. The van der Waals surface area contributed by atoms with Gasteiger partial charge in [-0.05, 0) is 31.9 Å². The van der Waals surface area contributed by atoms with Crippen LogP contribution in [0.15, 0.2) is 12.1 Å². The van der Waals surface area contributed by atoms with Gasteiger partial charge in [0, 0.05) is 25.2 Å². The van der Waals surface area contributed by atoms with E-state index < -0.39 is 4.92 Å². The summed E-state index contributed by atoms with van der Waals surface area (Å²) in [6, 6.07) is 3.38. The second-order valence-corrected chi connectivity index (χ2v) is 5.12. The molecule has 7 nitrogen and oxygen atoms in total. The Morgan fingerprint density at radius 3 is 2.75 bits per heavy atom. The lowest BCUT2D eigenvalue weighted by Crippen LogP contribution is -2.39. The van der Waals surface area contributed by atoms with E-state index in [4.69, 9.17) is 5.73 Å². The van der Waals surface area contributed by atoms with Gasteiger partial charge in [0.25, 0.3) is 0 Å². The number of hydrogen-bond acceptors (Lipinski definition) is 6. The Balaban J connectivity index is 1.91. The van der Waals surface area contributed by atoms with Gasteiger partial charge in [-0.1, -0.05) is 6.92 Å². The Morgan fingerprint density at radius 1 is 1.50 bits per heavy atom. The summed E-state index contributed by atoms with van der Waals surface area (Å²) in [7, 11) is 0. The third-order valence-corrected chi connectivity index (χ3v) is 3.58. The molecule has 20 heavy (non-hydrogen) atoms. The van der Waals surface area contributed by atoms with Crippen molar-refractivity contribution in [1.82, 2.24) is 9.88 Å². The highest BCUT2D eigenvalue weighted by Crippen LogP contribution is 2.22. The van der Waals surface area contributed by atoms with Gasteiger partial charge in [0.2, 0.25) is 5.82 Å². The molecule has 110 valence electrons. The van der Waals surface area contributed by atoms with Gasteiger partial charge in [-0.15, -0.1) is 0 Å². The second kappa shape index (κ2) is 6.51. The van der Waals surface area contributed by atoms with Gasteiger partial charge in [0.15, 0.2) is 0 Å². The first-order valence-corrected chi connectivity index (χ1v) is 7.00. The number of anilines is 2. The van der Waals surface area contributed by atoms with Crippen molar-refractivity contribution in [2.24, 2.45) is 0 Å². The average molecular weight is 279 g/mol. The van der Waals surface area contributed by atoms with Crippen molar-refractivity contribution in [2.45, 2.75) is 32.2 Å². The van der Waals surface area contributed by atoms with E-state index in [9.17, 15) is 10.1 Å². The summed E-state index contributed by atoms with van der Waals surface area (Å²) in [6.45, 7) is 5.49. The zero-order valence-corrected chi connectivity index (χ0v) is 11.7. The fraction of sp³-hybridized carbons (Fsp3) is 0.615. The first kappa shape index (κ1) is 14.5. The molecule has 1 saturated heterocycles. The summed E-state index contributed by atoms with van der Waals surface area (Å²) in [6.07, 6.45) is 3.29. The maximum Gasteiger partial charge on any atom is 0.311 e. The number of hydrogen-bond donors (Lipinski definition) is 2. The van der Waals surface area contributed by atoms with Crippen LogP contribution in [-0.4, -0.2) is 40.5 Å². The molecule has 0 spiro atoms. The molecule has 0 saturated carbocycles. The van der Waals surface area contributed by atoms with Gasteiger partial charge in [-0.25, -0.2) is 4.98 Å². The van der Waals surface area contributed by atoms with E-state index in [1.165, 1.54) is 12.5 Å². The minimum absolute atomic E-state index is 0.0385. The Bertz CT molecular complexity index is 472. The van der Waals surface area contributed by atoms with Crippen molar-refractivity contribution < 1.29 is 4.92 Å². The SMILES string of the molecule is CCCN1CCC(Nc2ccc([N+](=O)[O-])c(N)n2)CC1. The molecule has 0 radical (unpaired) electrons. The van der Waals surface area contributed by atoms with Gasteiger partial charge in [-0.3, -0.25) is 10.1 Å². The fourth-order valence-corrected chi connectivity index (χ4v) is 2.53. The molecule has 7 heteroatoms. The molecule has 0 aliphatic carbocycles. The van der Waals surface area contributed by atoms with Crippen molar-refractivity contribution in [1.29, 1.82) is 0 Å². The highest BCUT2D eigenvalue weighted by atomic mass is 16.6. The number of nitrogens with one attached hydrogen (secondary N) is 1. The van der Waals surface area contributed by atoms with Crippen LogP contribution in [0.2, 0.25) is 0 Å². The lowest BCUT2D eigenvalue weighted by Gasteiger charge is -2.32. The number of nitro groups is 1. The lowest BCUT2D eigenvalue weighted by atomic mass is 10.0. The maximum absolute atomic E-state index is 10.7. The summed E-state index contributed by atoms with van der Waals surface area (Å²) < 4.78 is 0. The van der Waals surface area contributed by atoms with Crippen LogP contribution in [0, 0.1) is 10.1 Å². The number of likely N-dealkylation sites (tertiary alicyclic amines) is 1. The summed E-state index contributed by atoms with van der Waals surface area (Å²) in [5, 5.41) is 14.0. The molecule has 0 bridgehead atoms. The van der Waals surface area contributed by atoms with Gasteiger partial charge in [0.1, 0.15) is 5.82 Å². The predicted octanol–water partition coefficient (Wildman–Crippen LogP) is 1.86. The molecule has 1 aliphatic heterocycles. The molecule has 1 aliphatic rings. The Labute approximate surface area is 118 Å². The van der Waals surface area contributed by atoms with E-state index in [0.717, 1.165) is 32.5 Å². The molecule has 2 rings (SSSR count). The Hall–Kier alpha value is -1.89. The minimum atomic E-state index is -0.519. The number of nitrogens with zero attached hydrogens (tertiary/aromatic N) is 3. The van der Waals surface area contributed by atoms with Crippen LogP contribution in [0.5, 0.6) is 0 Å². The summed E-state index contributed by atoms with van der Waals surface area (Å²) in [5.41, 5.74) is 5.44. The summed E-state index contributed by atoms with van der Waals surface area (Å²) in [4.78, 5) is 16.7. The topological polar surface area (TPSA) is 97.3 Å². The van der Waals surface area contributed by atoms with Crippen LogP contribution in [-0.2, 0) is 0 Å².